The lowest BCUT2D eigenvalue weighted by atomic mass is 10.1. The summed E-state index contributed by atoms with van der Waals surface area (Å²) in [6.45, 7) is 5.03. The van der Waals surface area contributed by atoms with Gasteiger partial charge in [0.2, 0.25) is 5.91 Å². The second-order valence-corrected chi connectivity index (χ2v) is 7.15. The van der Waals surface area contributed by atoms with Crippen LogP contribution in [0.4, 0.5) is 11.4 Å². The zero-order chi connectivity index (χ0) is 20.4. The molecular formula is C22H23N5O2. The molecule has 1 aliphatic heterocycles. The van der Waals surface area contributed by atoms with Gasteiger partial charge in [-0.15, -0.1) is 0 Å². The Morgan fingerprint density at radius 2 is 1.83 bits per heavy atom. The third-order valence-corrected chi connectivity index (χ3v) is 5.24. The Bertz CT molecular complexity index is 1090. The van der Waals surface area contributed by atoms with Crippen LogP contribution in [-0.2, 0) is 4.79 Å². The number of fused-ring (bicyclic) bond motifs is 1. The van der Waals surface area contributed by atoms with Gasteiger partial charge in [0.25, 0.3) is 0 Å². The van der Waals surface area contributed by atoms with Crippen molar-refractivity contribution in [3.8, 4) is 0 Å². The summed E-state index contributed by atoms with van der Waals surface area (Å²) in [5.41, 5.74) is 9.72. The Kier molecular flexibility index (Phi) is 5.03. The van der Waals surface area contributed by atoms with Crippen LogP contribution in [0.25, 0.3) is 17.1 Å². The van der Waals surface area contributed by atoms with Gasteiger partial charge in [-0.25, -0.2) is 4.98 Å². The quantitative estimate of drug-likeness (QED) is 0.517. The van der Waals surface area contributed by atoms with Gasteiger partial charge in [-0.05, 0) is 31.2 Å². The summed E-state index contributed by atoms with van der Waals surface area (Å²) >= 11 is 0. The first-order chi connectivity index (χ1) is 14.0. The number of nitrogens with two attached hydrogens (primary N) is 1. The van der Waals surface area contributed by atoms with E-state index in [1.54, 1.807) is 13.0 Å². The van der Waals surface area contributed by atoms with Crippen LogP contribution in [0, 0.1) is 0 Å². The fourth-order valence-corrected chi connectivity index (χ4v) is 3.64. The van der Waals surface area contributed by atoms with Crippen molar-refractivity contribution in [1.29, 1.82) is 0 Å². The average molecular weight is 389 g/mol. The van der Waals surface area contributed by atoms with E-state index in [2.05, 4.69) is 25.8 Å². The second-order valence-electron chi connectivity index (χ2n) is 7.15. The van der Waals surface area contributed by atoms with Crippen LogP contribution in [0.3, 0.4) is 0 Å². The van der Waals surface area contributed by atoms with E-state index in [1.807, 2.05) is 36.7 Å². The van der Waals surface area contributed by atoms with Crippen molar-refractivity contribution >= 4 is 40.2 Å². The molecule has 1 saturated heterocycles. The third-order valence-electron chi connectivity index (χ3n) is 5.24. The van der Waals surface area contributed by atoms with E-state index in [0.29, 0.717) is 0 Å². The number of aromatic nitrogens is 2. The highest BCUT2D eigenvalue weighted by Gasteiger charge is 2.19. The molecule has 1 aromatic carbocycles. The van der Waals surface area contributed by atoms with E-state index in [9.17, 15) is 9.59 Å². The van der Waals surface area contributed by atoms with E-state index in [4.69, 9.17) is 5.73 Å². The van der Waals surface area contributed by atoms with Crippen molar-refractivity contribution < 1.29 is 9.59 Å². The summed E-state index contributed by atoms with van der Waals surface area (Å²) in [5, 5.41) is 0.955. The van der Waals surface area contributed by atoms with Gasteiger partial charge >= 0.3 is 0 Å². The van der Waals surface area contributed by atoms with Gasteiger partial charge in [-0.3, -0.25) is 9.59 Å². The van der Waals surface area contributed by atoms with Crippen LogP contribution < -0.4 is 15.5 Å². The molecule has 148 valence electrons. The predicted molar refractivity (Wildman–Crippen MR) is 115 cm³/mol. The molecule has 0 atom stereocenters. The molecule has 0 radical (unpaired) electrons. The highest BCUT2D eigenvalue weighted by atomic mass is 16.1. The fraction of sp³-hybridized carbons (Fsp3) is 0.227. The standard InChI is InChI=1S/C22H23N5O2/c1-15(28)16-3-2-4-18(11-16)26-7-9-27(10-8-26)19-12-20-17(5-6-21(23)29)13-24-22(20)25-14-19/h2-6,11-14H,7-10H2,1H3,(H2,23,29)(H,24,25)/b6-5+. The van der Waals surface area contributed by atoms with Gasteiger partial charge in [-0.2, -0.15) is 0 Å². The van der Waals surface area contributed by atoms with Gasteiger partial charge in [0.1, 0.15) is 5.65 Å². The highest BCUT2D eigenvalue weighted by Crippen LogP contribution is 2.26. The zero-order valence-electron chi connectivity index (χ0n) is 16.3. The topological polar surface area (TPSA) is 95.3 Å². The Hall–Kier alpha value is -3.61. The molecule has 7 nitrogen and oxygen atoms in total. The lowest BCUT2D eigenvalue weighted by molar-refractivity contribution is -0.113. The lowest BCUT2D eigenvalue weighted by Crippen LogP contribution is -2.46. The van der Waals surface area contributed by atoms with Crippen LogP contribution in [0.15, 0.2) is 48.8 Å². The molecule has 1 amide bonds. The van der Waals surface area contributed by atoms with Crippen LogP contribution >= 0.6 is 0 Å². The Balaban J connectivity index is 1.50. The molecule has 0 spiro atoms. The first-order valence-corrected chi connectivity index (χ1v) is 9.57. The van der Waals surface area contributed by atoms with Crippen LogP contribution in [0.1, 0.15) is 22.8 Å². The molecule has 4 rings (SSSR count). The molecule has 2 aromatic heterocycles. The van der Waals surface area contributed by atoms with Crippen molar-refractivity contribution in [1.82, 2.24) is 9.97 Å². The number of rotatable bonds is 5. The SMILES string of the molecule is CC(=O)c1cccc(N2CCN(c3cnc4[nH]cc(/C=C/C(N)=O)c4c3)CC2)c1. The maximum atomic E-state index is 11.6. The smallest absolute Gasteiger partial charge is 0.241 e. The molecule has 1 aliphatic rings. The number of pyridine rings is 1. The number of primary amides is 1. The highest BCUT2D eigenvalue weighted by molar-refractivity contribution is 5.96. The summed E-state index contributed by atoms with van der Waals surface area (Å²) in [6.07, 6.45) is 6.74. The first kappa shape index (κ1) is 18.7. The van der Waals surface area contributed by atoms with Gasteiger partial charge < -0.3 is 20.5 Å². The second kappa shape index (κ2) is 7.79. The molecule has 3 heterocycles. The first-order valence-electron chi connectivity index (χ1n) is 9.57. The zero-order valence-corrected chi connectivity index (χ0v) is 16.3. The molecule has 0 bridgehead atoms. The Labute approximate surface area is 168 Å². The third kappa shape index (κ3) is 3.99. The number of carbonyl (C=O) groups excluding carboxylic acids is 2. The number of H-pyrrole nitrogens is 1. The van der Waals surface area contributed by atoms with Crippen molar-refractivity contribution in [2.75, 3.05) is 36.0 Å². The summed E-state index contributed by atoms with van der Waals surface area (Å²) < 4.78 is 0. The molecule has 3 N–H and O–H groups in total. The monoisotopic (exact) mass is 389 g/mol. The lowest BCUT2D eigenvalue weighted by Gasteiger charge is -2.37. The maximum absolute atomic E-state index is 11.6. The number of Topliss-reactive ketones (excluding diaryl/α,β-unsaturated/α-hetero) is 1. The summed E-state index contributed by atoms with van der Waals surface area (Å²) in [4.78, 5) is 34.9. The molecule has 29 heavy (non-hydrogen) atoms. The molecule has 0 unspecified atom stereocenters. The maximum Gasteiger partial charge on any atom is 0.241 e. The van der Waals surface area contributed by atoms with Gasteiger partial charge in [0, 0.05) is 60.7 Å². The van der Waals surface area contributed by atoms with E-state index >= 15 is 0 Å². The van der Waals surface area contributed by atoms with E-state index in [-0.39, 0.29) is 5.78 Å². The number of nitrogens with one attached hydrogen (secondary N) is 1. The van der Waals surface area contributed by atoms with Crippen molar-refractivity contribution in [3.63, 3.8) is 0 Å². The van der Waals surface area contributed by atoms with Crippen LogP contribution in [-0.4, -0.2) is 47.8 Å². The minimum absolute atomic E-state index is 0.0811. The fourth-order valence-electron chi connectivity index (χ4n) is 3.64. The number of ketones is 1. The van der Waals surface area contributed by atoms with E-state index in [0.717, 1.165) is 59.7 Å². The largest absolute Gasteiger partial charge is 0.368 e. The normalized spacial score (nSPS) is 14.7. The number of anilines is 2. The molecule has 0 aliphatic carbocycles. The number of piperazine rings is 1. The number of nitrogens with zero attached hydrogens (tertiary/aromatic N) is 3. The van der Waals surface area contributed by atoms with Crippen LogP contribution in [0.5, 0.6) is 0 Å². The molecular weight excluding hydrogens is 366 g/mol. The number of benzene rings is 1. The number of carbonyl (C=O) groups is 2. The van der Waals surface area contributed by atoms with Crippen LogP contribution in [0.2, 0.25) is 0 Å². The molecule has 0 saturated carbocycles. The van der Waals surface area contributed by atoms with Crippen molar-refractivity contribution in [2.45, 2.75) is 6.92 Å². The predicted octanol–water partition coefficient (Wildman–Crippen LogP) is 2.59. The Morgan fingerprint density at radius 1 is 1.10 bits per heavy atom. The van der Waals surface area contributed by atoms with Gasteiger partial charge in [0.05, 0.1) is 11.9 Å². The average Bonchev–Trinajstić information content (AvgIpc) is 3.14. The number of hydrogen-bond acceptors (Lipinski definition) is 5. The van der Waals surface area contributed by atoms with Gasteiger partial charge in [0.15, 0.2) is 5.78 Å². The summed E-state index contributed by atoms with van der Waals surface area (Å²) in [5.74, 6) is -0.397. The van der Waals surface area contributed by atoms with Crippen molar-refractivity contribution in [3.05, 3.63) is 59.9 Å². The molecule has 1 fully saturated rings. The molecule has 7 heteroatoms. The number of amides is 1. The van der Waals surface area contributed by atoms with E-state index in [1.165, 1.54) is 6.08 Å². The van der Waals surface area contributed by atoms with Crippen molar-refractivity contribution in [2.24, 2.45) is 5.73 Å². The van der Waals surface area contributed by atoms with Gasteiger partial charge in [-0.1, -0.05) is 12.1 Å². The minimum atomic E-state index is -0.478. The summed E-state index contributed by atoms with van der Waals surface area (Å²) in [7, 11) is 0. The Morgan fingerprint density at radius 3 is 2.52 bits per heavy atom. The minimum Gasteiger partial charge on any atom is -0.368 e. The number of aromatic amines is 1. The molecule has 3 aromatic rings. The van der Waals surface area contributed by atoms with E-state index < -0.39 is 5.91 Å². The number of hydrogen-bond donors (Lipinski definition) is 2. The summed E-state index contributed by atoms with van der Waals surface area (Å²) in [6, 6.07) is 9.88.